The Kier molecular flexibility index (Phi) is 30.9. The fourth-order valence-electron chi connectivity index (χ4n) is 9.76. The minimum Gasteiger partial charge on any atom is -0.350 e. The van der Waals surface area contributed by atoms with Gasteiger partial charge in [-0.3, -0.25) is 38.7 Å². The molecule has 0 radical (unpaired) electrons. The molecule has 1 saturated heterocycles. The molecule has 1 aliphatic rings. The molecule has 1 aliphatic heterocycles. The number of aromatic nitrogens is 8. The monoisotopic (exact) mass is 1170 g/mol. The number of imidazole rings is 4. The molecule has 5 heterocycles. The first-order valence-electron chi connectivity index (χ1n) is 30.8. The van der Waals surface area contributed by atoms with Gasteiger partial charge >= 0.3 is 0 Å². The van der Waals surface area contributed by atoms with Crippen molar-refractivity contribution in [1.29, 1.82) is 0 Å². The molecule has 0 unspecified atom stereocenters. The van der Waals surface area contributed by atoms with E-state index < -0.39 is 0 Å². The largest absolute Gasteiger partial charge is 0.350 e. The normalized spacial score (nSPS) is 14.7. The number of hydrogen-bond acceptors (Lipinski definition) is 15. The molecule has 5 rings (SSSR count). The average molecular weight is 1170 g/mol. The van der Waals surface area contributed by atoms with Crippen LogP contribution in [0.4, 0.5) is 0 Å². The molecular weight excluding hydrogens is 1060 g/mol. The van der Waals surface area contributed by atoms with Gasteiger partial charge in [0.15, 0.2) is 0 Å². The van der Waals surface area contributed by atoms with E-state index in [0.717, 1.165) is 95.3 Å². The third kappa shape index (κ3) is 25.9. The van der Waals surface area contributed by atoms with Crippen molar-refractivity contribution in [1.82, 2.24) is 82.7 Å². The van der Waals surface area contributed by atoms with Crippen LogP contribution in [0.3, 0.4) is 0 Å². The van der Waals surface area contributed by atoms with Gasteiger partial charge in [-0.1, -0.05) is 20.8 Å². The van der Waals surface area contributed by atoms with Gasteiger partial charge in [-0.15, -0.1) is 0 Å². The topological polar surface area (TPSA) is 195 Å². The van der Waals surface area contributed by atoms with Gasteiger partial charge < -0.3 is 48.1 Å². The fourth-order valence-corrected chi connectivity index (χ4v) is 9.76. The van der Waals surface area contributed by atoms with Crippen molar-refractivity contribution in [2.75, 3.05) is 105 Å². The van der Waals surface area contributed by atoms with E-state index in [1.807, 2.05) is 101 Å². The summed E-state index contributed by atoms with van der Waals surface area (Å²) in [5, 5.41) is 3.10. The van der Waals surface area contributed by atoms with Crippen molar-refractivity contribution in [3.8, 4) is 0 Å². The van der Waals surface area contributed by atoms with Crippen LogP contribution in [-0.2, 0) is 76.3 Å². The highest BCUT2D eigenvalue weighted by Crippen LogP contribution is 2.22. The maximum atomic E-state index is 12.6. The molecule has 0 saturated carbocycles. The molecular formula is C62H111N17O5. The van der Waals surface area contributed by atoms with Crippen molar-refractivity contribution in [2.45, 2.75) is 194 Å². The molecule has 84 heavy (non-hydrogen) atoms. The first-order valence-corrected chi connectivity index (χ1v) is 30.8. The van der Waals surface area contributed by atoms with Gasteiger partial charge in [0.05, 0.1) is 45.8 Å². The molecule has 0 bridgehead atoms. The molecule has 0 aromatic carbocycles. The van der Waals surface area contributed by atoms with Crippen LogP contribution in [0, 0.1) is 0 Å². The van der Waals surface area contributed by atoms with Crippen LogP contribution < -0.4 is 5.32 Å². The number of ketones is 2. The number of rotatable bonds is 25. The third-order valence-electron chi connectivity index (χ3n) is 15.2. The number of hydrogen-bond donors (Lipinski definition) is 1. The molecule has 3 amide bonds. The number of Topliss-reactive ketones (excluding diaryl/α,β-unsaturated/α-hetero) is 2. The van der Waals surface area contributed by atoms with Crippen molar-refractivity contribution < 1.29 is 24.0 Å². The average Bonchev–Trinajstić information content (AvgIpc) is 4.43. The summed E-state index contributed by atoms with van der Waals surface area (Å²) < 4.78 is 7.61. The van der Waals surface area contributed by atoms with Crippen LogP contribution in [0.1, 0.15) is 148 Å². The van der Waals surface area contributed by atoms with Crippen molar-refractivity contribution in [2.24, 2.45) is 0 Å². The summed E-state index contributed by atoms with van der Waals surface area (Å²) in [6.07, 6.45) is 14.3. The lowest BCUT2D eigenvalue weighted by molar-refractivity contribution is -0.132. The fraction of sp³-hybridized carbons (Fsp3) is 0.726. The molecule has 0 spiro atoms. The predicted molar refractivity (Wildman–Crippen MR) is 335 cm³/mol. The van der Waals surface area contributed by atoms with Crippen LogP contribution in [0.2, 0.25) is 0 Å². The highest BCUT2D eigenvalue weighted by Gasteiger charge is 2.28. The van der Waals surface area contributed by atoms with E-state index >= 15 is 0 Å². The van der Waals surface area contributed by atoms with Crippen molar-refractivity contribution in [3.63, 3.8) is 0 Å². The summed E-state index contributed by atoms with van der Waals surface area (Å²) in [4.78, 5) is 96.5. The minimum atomic E-state index is -0.169. The summed E-state index contributed by atoms with van der Waals surface area (Å²) >= 11 is 0. The summed E-state index contributed by atoms with van der Waals surface area (Å²) in [6, 6.07) is 0. The van der Waals surface area contributed by atoms with Crippen molar-refractivity contribution >= 4 is 29.3 Å². The van der Waals surface area contributed by atoms with E-state index in [0.29, 0.717) is 72.0 Å². The van der Waals surface area contributed by atoms with Gasteiger partial charge in [-0.2, -0.15) is 0 Å². The van der Waals surface area contributed by atoms with Crippen LogP contribution in [0.25, 0.3) is 0 Å². The van der Waals surface area contributed by atoms with Crippen molar-refractivity contribution in [3.05, 3.63) is 72.9 Å². The summed E-state index contributed by atoms with van der Waals surface area (Å²) in [7, 11) is 0. The van der Waals surface area contributed by atoms with E-state index in [1.54, 1.807) is 38.6 Å². The Morgan fingerprint density at radius 2 is 0.679 bits per heavy atom. The molecule has 0 aliphatic carbocycles. The number of amides is 3. The Labute approximate surface area is 505 Å². The Morgan fingerprint density at radius 3 is 0.905 bits per heavy atom. The van der Waals surface area contributed by atoms with E-state index in [1.165, 1.54) is 0 Å². The molecule has 4 aromatic heterocycles. The summed E-state index contributed by atoms with van der Waals surface area (Å²) in [5.41, 5.74) is -0.461. The van der Waals surface area contributed by atoms with Gasteiger partial charge in [0.2, 0.25) is 17.7 Å². The lowest BCUT2D eigenvalue weighted by atomic mass is 10.1. The molecule has 1 N–H and O–H groups in total. The van der Waals surface area contributed by atoms with Gasteiger partial charge in [0.1, 0.15) is 48.0 Å². The summed E-state index contributed by atoms with van der Waals surface area (Å²) in [6.45, 7) is 55.3. The Hall–Kier alpha value is -5.65. The van der Waals surface area contributed by atoms with Crippen LogP contribution in [-0.4, -0.2) is 228 Å². The number of nitrogens with one attached hydrogen (secondary N) is 1. The lowest BCUT2D eigenvalue weighted by Gasteiger charge is -2.35. The first-order chi connectivity index (χ1) is 39.6. The maximum Gasteiger partial charge on any atom is 0.242 e. The maximum absolute atomic E-state index is 12.6. The highest BCUT2D eigenvalue weighted by molar-refractivity contribution is 5.79. The van der Waals surface area contributed by atoms with E-state index in [-0.39, 0.29) is 59.0 Å². The van der Waals surface area contributed by atoms with Gasteiger partial charge in [0, 0.05) is 145 Å². The van der Waals surface area contributed by atoms with Crippen LogP contribution in [0.15, 0.2) is 49.6 Å². The molecule has 474 valence electrons. The highest BCUT2D eigenvalue weighted by atomic mass is 16.2. The third-order valence-corrected chi connectivity index (χ3v) is 15.2. The molecule has 22 nitrogen and oxygen atoms in total. The molecule has 22 heteroatoms. The van der Waals surface area contributed by atoms with E-state index in [9.17, 15) is 24.0 Å². The summed E-state index contributed by atoms with van der Waals surface area (Å²) in [5.74, 6) is 3.86. The van der Waals surface area contributed by atoms with E-state index in [4.69, 9.17) is 0 Å². The quantitative estimate of drug-likeness (QED) is 0.0829. The second-order valence-electron chi connectivity index (χ2n) is 24.9. The Bertz CT molecular complexity index is 2410. The Morgan fingerprint density at radius 1 is 0.417 bits per heavy atom. The number of nitrogens with zero attached hydrogens (tertiary/aromatic N) is 16. The van der Waals surface area contributed by atoms with Gasteiger partial charge in [-0.25, -0.2) is 19.9 Å². The second-order valence-corrected chi connectivity index (χ2v) is 24.9. The predicted octanol–water partition coefficient (Wildman–Crippen LogP) is 5.86. The van der Waals surface area contributed by atoms with Gasteiger partial charge in [0.25, 0.3) is 0 Å². The smallest absolute Gasteiger partial charge is 0.242 e. The zero-order valence-corrected chi connectivity index (χ0v) is 55.3. The number of carbonyl (C=O) groups excluding carboxylic acids is 5. The van der Waals surface area contributed by atoms with Crippen LogP contribution >= 0.6 is 0 Å². The first kappa shape index (κ1) is 72.6. The standard InChI is InChI=1S/C24H41N7O2.C20H43N5O.C18H27N5O2/c1-8-27(9-2)22(32)18-29-14-12-25-20(29)16-31(24(5,6)7)17-21-26-13-15-30(21)19-23(33)28(10-3)11-4;1-7-22-10-12-23(8-2)14-16-25(17-15-24(9-3)13-11-22)18-19(26)21-20(4,5)6;1-14(24)10-21-8-6-19-16(21)12-23(18(3,4)5)13-17-20-7-9-22(17)11-15(2)25/h12-15H,8-11,16-19H2,1-7H3;7-18H2,1-6H3,(H,21,26);6-9H,10-13H2,1-5H3. The minimum absolute atomic E-state index is 0.0898. The lowest BCUT2D eigenvalue weighted by Crippen LogP contribution is -2.50. The Balaban J connectivity index is 0.000000334. The second kappa shape index (κ2) is 35.7. The molecule has 0 atom stereocenters. The SMILES string of the molecule is CC(=O)Cn1ccnc1CN(Cc1nccn1CC(C)=O)C(C)(C)C.CCN(CC)C(=O)Cn1ccnc1CN(Cc1nccn1CC(=O)N(CC)CC)C(C)(C)C.CCN1CCN(CC)CCN(CC(=O)NC(C)(C)C)CCN(CC)CC1. The zero-order valence-electron chi connectivity index (χ0n) is 55.3. The zero-order chi connectivity index (χ0) is 62.8. The molecule has 4 aromatic rings. The molecule has 1 fully saturated rings. The van der Waals surface area contributed by atoms with Crippen LogP contribution in [0.5, 0.6) is 0 Å². The van der Waals surface area contributed by atoms with E-state index in [2.05, 4.69) is 117 Å². The number of likely N-dealkylation sites (N-methyl/N-ethyl adjacent to an activating group) is 5. The number of carbonyl (C=O) groups is 5. The van der Waals surface area contributed by atoms with Gasteiger partial charge in [-0.05, 0) is 123 Å².